The molecule has 0 atom stereocenters. The van der Waals surface area contributed by atoms with Crippen molar-refractivity contribution in [1.82, 2.24) is 0 Å². The molecule has 92 valence electrons. The maximum Gasteiger partial charge on any atom is 0.162 e. The van der Waals surface area contributed by atoms with Gasteiger partial charge in [-0.2, -0.15) is 0 Å². The van der Waals surface area contributed by atoms with E-state index in [0.717, 1.165) is 6.07 Å². The van der Waals surface area contributed by atoms with Crippen LogP contribution >= 0.6 is 23.2 Å². The largest absolute Gasteiger partial charge is 0.294 e. The number of rotatable bonds is 1. The fourth-order valence-electron chi connectivity index (χ4n) is 0.850. The van der Waals surface area contributed by atoms with Crippen LogP contribution < -0.4 is 0 Å². The zero-order valence-electron chi connectivity index (χ0n) is 10.2. The lowest BCUT2D eigenvalue weighted by molar-refractivity contribution is 0.101. The molecular formula is C12H17Cl2FO. The number of Topliss-reactive ketones (excluding diaryl/α,β-unsaturated/α-hetero) is 1. The third-order valence-corrected chi connectivity index (χ3v) is 2.08. The fraction of sp³-hybridized carbons (Fsp3) is 0.417. The molecule has 0 saturated heterocycles. The van der Waals surface area contributed by atoms with Gasteiger partial charge >= 0.3 is 0 Å². The first-order chi connectivity index (χ1) is 7.54. The summed E-state index contributed by atoms with van der Waals surface area (Å²) in [5, 5.41) is -0.0381. The maximum absolute atomic E-state index is 12.8. The highest BCUT2D eigenvalue weighted by Gasteiger charge is 2.13. The predicted octanol–water partition coefficient (Wildman–Crippen LogP) is 5.39. The molecule has 0 radical (unpaired) electrons. The summed E-state index contributed by atoms with van der Waals surface area (Å²) < 4.78 is 12.8. The highest BCUT2D eigenvalue weighted by Crippen LogP contribution is 2.27. The number of carbonyl (C=O) groups excluding carboxylic acids is 1. The van der Waals surface area contributed by atoms with Crippen molar-refractivity contribution < 1.29 is 9.18 Å². The third kappa shape index (κ3) is 4.95. The number of ketones is 1. The van der Waals surface area contributed by atoms with E-state index in [1.807, 2.05) is 27.7 Å². The molecule has 0 unspecified atom stereocenters. The van der Waals surface area contributed by atoms with Crippen LogP contribution in [0, 0.1) is 5.82 Å². The molecule has 0 aliphatic heterocycles. The van der Waals surface area contributed by atoms with Gasteiger partial charge in [-0.15, -0.1) is 0 Å². The van der Waals surface area contributed by atoms with Crippen molar-refractivity contribution in [2.45, 2.75) is 34.6 Å². The van der Waals surface area contributed by atoms with Crippen molar-refractivity contribution in [3.63, 3.8) is 0 Å². The summed E-state index contributed by atoms with van der Waals surface area (Å²) in [4.78, 5) is 10.9. The van der Waals surface area contributed by atoms with Crippen LogP contribution in [0.4, 0.5) is 4.39 Å². The van der Waals surface area contributed by atoms with Gasteiger partial charge in [-0.05, 0) is 19.1 Å². The van der Waals surface area contributed by atoms with Crippen molar-refractivity contribution in [2.24, 2.45) is 0 Å². The summed E-state index contributed by atoms with van der Waals surface area (Å²) in [7, 11) is 0. The van der Waals surface area contributed by atoms with E-state index < -0.39 is 5.82 Å². The Labute approximate surface area is 107 Å². The van der Waals surface area contributed by atoms with Crippen molar-refractivity contribution in [3.05, 3.63) is 33.6 Å². The SMILES string of the molecule is CC.CC.CC(=O)c1c(Cl)ccc(F)c1Cl. The number of carbonyl (C=O) groups is 1. The molecule has 1 aromatic carbocycles. The first-order valence-corrected chi connectivity index (χ1v) is 5.94. The molecule has 0 saturated carbocycles. The normalized spacial score (nSPS) is 8.25. The van der Waals surface area contributed by atoms with Gasteiger partial charge in [-0.1, -0.05) is 50.9 Å². The van der Waals surface area contributed by atoms with Crippen LogP contribution in [-0.4, -0.2) is 5.78 Å². The van der Waals surface area contributed by atoms with E-state index in [1.54, 1.807) is 0 Å². The van der Waals surface area contributed by atoms with Gasteiger partial charge in [0.2, 0.25) is 0 Å². The van der Waals surface area contributed by atoms with Gasteiger partial charge in [0.15, 0.2) is 5.78 Å². The molecule has 0 aliphatic rings. The van der Waals surface area contributed by atoms with Gasteiger partial charge in [-0.3, -0.25) is 4.79 Å². The Morgan fingerprint density at radius 1 is 1.12 bits per heavy atom. The van der Waals surface area contributed by atoms with Crippen LogP contribution in [0.25, 0.3) is 0 Å². The summed E-state index contributed by atoms with van der Waals surface area (Å²) >= 11 is 11.1. The molecule has 1 nitrogen and oxygen atoms in total. The van der Waals surface area contributed by atoms with E-state index >= 15 is 0 Å². The first-order valence-electron chi connectivity index (χ1n) is 5.18. The molecule has 0 amide bonds. The highest BCUT2D eigenvalue weighted by atomic mass is 35.5. The zero-order valence-corrected chi connectivity index (χ0v) is 11.7. The Morgan fingerprint density at radius 3 is 1.88 bits per heavy atom. The molecule has 0 heterocycles. The molecule has 4 heteroatoms. The summed E-state index contributed by atoms with van der Waals surface area (Å²) in [5.74, 6) is -0.976. The van der Waals surface area contributed by atoms with Crippen molar-refractivity contribution in [2.75, 3.05) is 0 Å². The molecule has 0 aliphatic carbocycles. The molecule has 0 N–H and O–H groups in total. The number of halogens is 3. The second-order valence-corrected chi connectivity index (χ2v) is 3.06. The van der Waals surface area contributed by atoms with Crippen molar-refractivity contribution in [3.8, 4) is 0 Å². The Bertz CT molecular complexity index is 338. The lowest BCUT2D eigenvalue weighted by atomic mass is 10.1. The zero-order chi connectivity index (χ0) is 13.3. The monoisotopic (exact) mass is 266 g/mol. The summed E-state index contributed by atoms with van der Waals surface area (Å²) in [5.41, 5.74) is 0.0401. The smallest absolute Gasteiger partial charge is 0.162 e. The third-order valence-electron chi connectivity index (χ3n) is 1.40. The molecule has 16 heavy (non-hydrogen) atoms. The van der Waals surface area contributed by atoms with Crippen LogP contribution in [-0.2, 0) is 0 Å². The van der Waals surface area contributed by atoms with Gasteiger partial charge in [0.25, 0.3) is 0 Å². The van der Waals surface area contributed by atoms with E-state index in [2.05, 4.69) is 0 Å². The lowest BCUT2D eigenvalue weighted by Gasteiger charge is -2.02. The average Bonchev–Trinajstić information content (AvgIpc) is 2.29. The van der Waals surface area contributed by atoms with Crippen molar-refractivity contribution >= 4 is 29.0 Å². The second-order valence-electron chi connectivity index (χ2n) is 2.27. The maximum atomic E-state index is 12.8. The number of benzene rings is 1. The fourth-order valence-corrected chi connectivity index (χ4v) is 1.49. The van der Waals surface area contributed by atoms with Gasteiger partial charge in [-0.25, -0.2) is 4.39 Å². The molecular weight excluding hydrogens is 250 g/mol. The number of hydrogen-bond acceptors (Lipinski definition) is 1. The summed E-state index contributed by atoms with van der Waals surface area (Å²) in [6.07, 6.45) is 0. The Morgan fingerprint density at radius 2 is 1.56 bits per heavy atom. The Hall–Kier alpha value is -0.600. The van der Waals surface area contributed by atoms with Gasteiger partial charge < -0.3 is 0 Å². The van der Waals surface area contributed by atoms with E-state index in [1.165, 1.54) is 13.0 Å². The molecule has 1 rings (SSSR count). The first kappa shape index (κ1) is 17.8. The van der Waals surface area contributed by atoms with Crippen LogP contribution in [0.15, 0.2) is 12.1 Å². The van der Waals surface area contributed by atoms with Gasteiger partial charge in [0, 0.05) is 0 Å². The topological polar surface area (TPSA) is 17.1 Å². The van der Waals surface area contributed by atoms with Crippen LogP contribution in [0.2, 0.25) is 10.0 Å². The van der Waals surface area contributed by atoms with Crippen LogP contribution in [0.5, 0.6) is 0 Å². The minimum Gasteiger partial charge on any atom is -0.294 e. The summed E-state index contributed by atoms with van der Waals surface area (Å²) in [6, 6.07) is 2.43. The van der Waals surface area contributed by atoms with E-state index in [-0.39, 0.29) is 21.4 Å². The average molecular weight is 267 g/mol. The van der Waals surface area contributed by atoms with E-state index in [4.69, 9.17) is 23.2 Å². The van der Waals surface area contributed by atoms with Crippen molar-refractivity contribution in [1.29, 1.82) is 0 Å². The Kier molecular flexibility index (Phi) is 10.7. The van der Waals surface area contributed by atoms with Crippen LogP contribution in [0.1, 0.15) is 45.0 Å². The lowest BCUT2D eigenvalue weighted by Crippen LogP contribution is -1.96. The molecule has 0 aromatic heterocycles. The highest BCUT2D eigenvalue weighted by molar-refractivity contribution is 6.39. The van der Waals surface area contributed by atoms with Gasteiger partial charge in [0.1, 0.15) is 5.82 Å². The molecule has 1 aromatic rings. The Balaban J connectivity index is 0. The van der Waals surface area contributed by atoms with E-state index in [0.29, 0.717) is 0 Å². The molecule has 0 fully saturated rings. The predicted molar refractivity (Wildman–Crippen MR) is 69.1 cm³/mol. The summed E-state index contributed by atoms with van der Waals surface area (Å²) in [6.45, 7) is 9.28. The minimum atomic E-state index is -0.633. The minimum absolute atomic E-state index is 0.0401. The quantitative estimate of drug-likeness (QED) is 0.492. The van der Waals surface area contributed by atoms with Crippen LogP contribution in [0.3, 0.4) is 0 Å². The molecule has 0 spiro atoms. The van der Waals surface area contributed by atoms with E-state index in [9.17, 15) is 9.18 Å². The standard InChI is InChI=1S/C8H5Cl2FO.2C2H6/c1-4(12)7-5(9)2-3-6(11)8(7)10;2*1-2/h2-3H,1H3;2*1-2H3. The number of hydrogen-bond donors (Lipinski definition) is 0. The second kappa shape index (κ2) is 9.61. The molecule has 0 bridgehead atoms. The van der Waals surface area contributed by atoms with Gasteiger partial charge in [0.05, 0.1) is 15.6 Å².